The third-order valence-corrected chi connectivity index (χ3v) is 2.79. The summed E-state index contributed by atoms with van der Waals surface area (Å²) in [6, 6.07) is 0. The standard InChI is InChI=1S/C13H22O4.2Li/c1-3-4-5-6-7-8-9-11(13(16)17)10(2)12(14)15;;/h3-9H2,1-2H3,(H,14,15)(H,16,17);;/q;2*+1/p-2/b11-10+;;. The van der Waals surface area contributed by atoms with Crippen LogP contribution in [0.5, 0.6) is 0 Å². The van der Waals surface area contributed by atoms with Gasteiger partial charge in [0, 0.05) is 0 Å². The van der Waals surface area contributed by atoms with Crippen molar-refractivity contribution in [1.29, 1.82) is 0 Å². The van der Waals surface area contributed by atoms with Gasteiger partial charge in [0.15, 0.2) is 0 Å². The number of hydrogen-bond acceptors (Lipinski definition) is 4. The Morgan fingerprint density at radius 3 is 1.74 bits per heavy atom. The number of carboxylic acids is 2. The molecule has 0 bridgehead atoms. The summed E-state index contributed by atoms with van der Waals surface area (Å²) in [4.78, 5) is 21.3. The van der Waals surface area contributed by atoms with Crippen LogP contribution in [0.15, 0.2) is 11.1 Å². The van der Waals surface area contributed by atoms with Gasteiger partial charge in [-0.1, -0.05) is 39.0 Å². The molecule has 19 heavy (non-hydrogen) atoms. The van der Waals surface area contributed by atoms with Crippen molar-refractivity contribution < 1.29 is 57.5 Å². The predicted octanol–water partition coefficient (Wildman–Crippen LogP) is -5.44. The molecular weight excluding hydrogens is 234 g/mol. The van der Waals surface area contributed by atoms with E-state index in [4.69, 9.17) is 0 Å². The Balaban J connectivity index is -0.00000128. The molecule has 0 aromatic rings. The molecule has 0 saturated heterocycles. The van der Waals surface area contributed by atoms with Crippen molar-refractivity contribution in [2.75, 3.05) is 0 Å². The molecule has 0 rings (SSSR count). The van der Waals surface area contributed by atoms with Crippen LogP contribution in [0.3, 0.4) is 0 Å². The minimum absolute atomic E-state index is 0. The Bertz CT molecular complexity index is 301. The second-order valence-electron chi connectivity index (χ2n) is 4.20. The van der Waals surface area contributed by atoms with Crippen molar-refractivity contribution in [2.45, 2.75) is 58.8 Å². The van der Waals surface area contributed by atoms with Crippen molar-refractivity contribution >= 4 is 11.9 Å². The van der Waals surface area contributed by atoms with Crippen LogP contribution in [0.2, 0.25) is 0 Å². The van der Waals surface area contributed by atoms with E-state index in [9.17, 15) is 19.8 Å². The van der Waals surface area contributed by atoms with Crippen LogP contribution in [0.4, 0.5) is 0 Å². The largest absolute Gasteiger partial charge is 1.00 e. The van der Waals surface area contributed by atoms with E-state index in [0.29, 0.717) is 6.42 Å². The quantitative estimate of drug-likeness (QED) is 0.234. The minimum atomic E-state index is -1.44. The van der Waals surface area contributed by atoms with E-state index >= 15 is 0 Å². The zero-order valence-electron chi connectivity index (χ0n) is 12.6. The van der Waals surface area contributed by atoms with Gasteiger partial charge in [-0.2, -0.15) is 0 Å². The molecule has 0 aliphatic rings. The fourth-order valence-electron chi connectivity index (χ4n) is 1.65. The zero-order valence-corrected chi connectivity index (χ0v) is 12.6. The number of aliphatic carboxylic acids is 2. The fraction of sp³-hybridized carbons (Fsp3) is 0.692. The van der Waals surface area contributed by atoms with Gasteiger partial charge in [-0.05, 0) is 30.9 Å². The van der Waals surface area contributed by atoms with Crippen molar-refractivity contribution in [3.05, 3.63) is 11.1 Å². The monoisotopic (exact) mass is 254 g/mol. The van der Waals surface area contributed by atoms with Crippen LogP contribution in [0.25, 0.3) is 0 Å². The molecule has 0 amide bonds. The van der Waals surface area contributed by atoms with E-state index in [0.717, 1.165) is 25.7 Å². The number of carbonyl (C=O) groups is 2. The summed E-state index contributed by atoms with van der Waals surface area (Å²) in [5.41, 5.74) is -0.362. The van der Waals surface area contributed by atoms with Crippen molar-refractivity contribution in [2.24, 2.45) is 0 Å². The average Bonchev–Trinajstić information content (AvgIpc) is 2.26. The Morgan fingerprint density at radius 1 is 0.842 bits per heavy atom. The van der Waals surface area contributed by atoms with E-state index in [1.54, 1.807) is 0 Å². The number of unbranched alkanes of at least 4 members (excludes halogenated alkanes) is 5. The summed E-state index contributed by atoms with van der Waals surface area (Å²) in [5.74, 6) is -2.84. The van der Waals surface area contributed by atoms with Crippen LogP contribution in [-0.4, -0.2) is 11.9 Å². The molecule has 0 aromatic carbocycles. The fourth-order valence-corrected chi connectivity index (χ4v) is 1.65. The Kier molecular flexibility index (Phi) is 18.0. The first-order chi connectivity index (χ1) is 8.00. The number of hydrogen-bond donors (Lipinski definition) is 0. The topological polar surface area (TPSA) is 80.3 Å². The van der Waals surface area contributed by atoms with Crippen LogP contribution < -0.4 is 47.9 Å². The molecule has 4 nitrogen and oxygen atoms in total. The van der Waals surface area contributed by atoms with Gasteiger partial charge in [0.1, 0.15) is 0 Å². The van der Waals surface area contributed by atoms with Gasteiger partial charge in [0.05, 0.1) is 11.9 Å². The molecule has 0 aromatic heterocycles. The SMILES string of the molecule is CCCCCCCC/C(C(=O)[O-])=C(/C)C(=O)[O-].[Li+].[Li+]. The third-order valence-electron chi connectivity index (χ3n) is 2.79. The van der Waals surface area contributed by atoms with Gasteiger partial charge in [0.2, 0.25) is 0 Å². The van der Waals surface area contributed by atoms with Crippen LogP contribution in [-0.2, 0) is 9.59 Å². The third kappa shape index (κ3) is 11.4. The summed E-state index contributed by atoms with van der Waals surface area (Å²) < 4.78 is 0. The van der Waals surface area contributed by atoms with Gasteiger partial charge in [0.25, 0.3) is 0 Å². The van der Waals surface area contributed by atoms with Gasteiger partial charge >= 0.3 is 37.7 Å². The average molecular weight is 254 g/mol. The maximum Gasteiger partial charge on any atom is 1.00 e. The summed E-state index contributed by atoms with van der Waals surface area (Å²) >= 11 is 0. The smallest absolute Gasteiger partial charge is 0.545 e. The van der Waals surface area contributed by atoms with E-state index in [1.165, 1.54) is 13.3 Å². The summed E-state index contributed by atoms with van der Waals surface area (Å²) in [6.07, 6.45) is 6.37. The zero-order chi connectivity index (χ0) is 13.3. The summed E-state index contributed by atoms with van der Waals surface area (Å²) in [5, 5.41) is 21.3. The van der Waals surface area contributed by atoms with Gasteiger partial charge < -0.3 is 19.8 Å². The van der Waals surface area contributed by atoms with Crippen LogP contribution in [0.1, 0.15) is 58.8 Å². The molecule has 0 atom stereocenters. The molecule has 0 radical (unpaired) electrons. The van der Waals surface area contributed by atoms with E-state index < -0.39 is 11.9 Å². The van der Waals surface area contributed by atoms with Crippen molar-refractivity contribution in [3.8, 4) is 0 Å². The molecule has 0 aliphatic heterocycles. The Hall–Kier alpha value is -0.125. The number of rotatable bonds is 9. The number of carbonyl (C=O) groups excluding carboxylic acids is 2. The van der Waals surface area contributed by atoms with Crippen molar-refractivity contribution in [1.82, 2.24) is 0 Å². The predicted molar refractivity (Wildman–Crippen MR) is 60.7 cm³/mol. The van der Waals surface area contributed by atoms with Gasteiger partial charge in [-0.3, -0.25) is 0 Å². The molecule has 0 aliphatic carbocycles. The molecular formula is C13H20Li2O4. The Labute approximate surface area is 139 Å². The molecule has 98 valence electrons. The first kappa shape index (κ1) is 23.9. The van der Waals surface area contributed by atoms with Crippen LogP contribution >= 0.6 is 0 Å². The maximum absolute atomic E-state index is 10.8. The molecule has 6 heteroatoms. The molecule has 0 saturated carbocycles. The second-order valence-corrected chi connectivity index (χ2v) is 4.20. The first-order valence-electron chi connectivity index (χ1n) is 6.13. The van der Waals surface area contributed by atoms with E-state index in [-0.39, 0.29) is 55.3 Å². The normalized spacial score (nSPS) is 10.8. The Morgan fingerprint density at radius 2 is 1.32 bits per heavy atom. The summed E-state index contributed by atoms with van der Waals surface area (Å²) in [7, 11) is 0. The second kappa shape index (κ2) is 14.3. The molecule has 0 N–H and O–H groups in total. The number of carboxylic acid groups (broad SMARTS) is 2. The van der Waals surface area contributed by atoms with Gasteiger partial charge in [-0.15, -0.1) is 0 Å². The molecule has 0 fully saturated rings. The molecule has 0 spiro atoms. The van der Waals surface area contributed by atoms with Crippen LogP contribution in [0, 0.1) is 0 Å². The summed E-state index contributed by atoms with van der Waals surface area (Å²) in [6.45, 7) is 3.37. The van der Waals surface area contributed by atoms with Gasteiger partial charge in [-0.25, -0.2) is 0 Å². The van der Waals surface area contributed by atoms with E-state index in [2.05, 4.69) is 6.92 Å². The molecule has 0 unspecified atom stereocenters. The van der Waals surface area contributed by atoms with E-state index in [1.807, 2.05) is 0 Å². The van der Waals surface area contributed by atoms with Crippen molar-refractivity contribution in [3.63, 3.8) is 0 Å². The first-order valence-corrected chi connectivity index (χ1v) is 6.13. The molecule has 0 heterocycles. The minimum Gasteiger partial charge on any atom is -0.545 e. The maximum atomic E-state index is 10.8.